The minimum Gasteiger partial charge on any atom is -0.497 e. The van der Waals surface area contributed by atoms with Crippen LogP contribution in [0.25, 0.3) is 11.4 Å². The lowest BCUT2D eigenvalue weighted by atomic mass is 9.85. The standard InChI is InChI=1S/C18H23N3O3/c1-12(2)11-24-18-19-16(13-7-9-15(23-3)10-8-13)21(20-18)17(22)14-5-4-6-14/h7-10,12,14H,4-6,11H2,1-3H3. The largest absolute Gasteiger partial charge is 0.497 e. The molecule has 1 aliphatic rings. The van der Waals surface area contributed by atoms with E-state index in [2.05, 4.69) is 23.9 Å². The number of rotatable bonds is 6. The molecule has 3 rings (SSSR count). The molecule has 1 saturated carbocycles. The third kappa shape index (κ3) is 3.42. The maximum atomic E-state index is 12.7. The first-order valence-corrected chi connectivity index (χ1v) is 8.37. The van der Waals surface area contributed by atoms with Crippen LogP contribution >= 0.6 is 0 Å². The molecular weight excluding hydrogens is 306 g/mol. The van der Waals surface area contributed by atoms with Gasteiger partial charge in [-0.05, 0) is 43.0 Å². The van der Waals surface area contributed by atoms with E-state index in [-0.39, 0.29) is 17.8 Å². The summed E-state index contributed by atoms with van der Waals surface area (Å²) < 4.78 is 12.2. The van der Waals surface area contributed by atoms with Crippen LogP contribution in [0.3, 0.4) is 0 Å². The molecule has 1 aliphatic carbocycles. The molecule has 0 aliphatic heterocycles. The van der Waals surface area contributed by atoms with Gasteiger partial charge in [0.1, 0.15) is 5.75 Å². The van der Waals surface area contributed by atoms with Gasteiger partial charge in [0, 0.05) is 11.5 Å². The van der Waals surface area contributed by atoms with Crippen molar-refractivity contribution >= 4 is 5.91 Å². The van der Waals surface area contributed by atoms with Crippen LogP contribution < -0.4 is 9.47 Å². The summed E-state index contributed by atoms with van der Waals surface area (Å²) in [5, 5.41) is 4.31. The summed E-state index contributed by atoms with van der Waals surface area (Å²) >= 11 is 0. The molecule has 0 saturated heterocycles. The lowest BCUT2D eigenvalue weighted by Gasteiger charge is -2.23. The van der Waals surface area contributed by atoms with Crippen LogP contribution in [-0.4, -0.2) is 34.4 Å². The number of ether oxygens (including phenoxy) is 2. The van der Waals surface area contributed by atoms with Gasteiger partial charge in [0.05, 0.1) is 13.7 Å². The minimum atomic E-state index is -0.000958. The fourth-order valence-corrected chi connectivity index (χ4v) is 2.50. The van der Waals surface area contributed by atoms with Crippen LogP contribution in [0.2, 0.25) is 0 Å². The summed E-state index contributed by atoms with van der Waals surface area (Å²) in [6.45, 7) is 4.63. The average molecular weight is 329 g/mol. The van der Waals surface area contributed by atoms with Gasteiger partial charge in [0.15, 0.2) is 5.82 Å². The molecule has 1 aromatic carbocycles. The Hall–Kier alpha value is -2.37. The minimum absolute atomic E-state index is 0.000958. The van der Waals surface area contributed by atoms with Gasteiger partial charge in [-0.25, -0.2) is 0 Å². The molecule has 0 spiro atoms. The fraction of sp³-hybridized carbons (Fsp3) is 0.500. The zero-order valence-corrected chi connectivity index (χ0v) is 14.4. The van der Waals surface area contributed by atoms with E-state index in [9.17, 15) is 4.79 Å². The Labute approximate surface area is 141 Å². The number of hydrogen-bond donors (Lipinski definition) is 0. The van der Waals surface area contributed by atoms with Gasteiger partial charge < -0.3 is 9.47 Å². The normalized spacial score (nSPS) is 14.5. The number of aromatic nitrogens is 3. The number of benzene rings is 1. The SMILES string of the molecule is COc1ccc(-c2nc(OCC(C)C)nn2C(=O)C2CCC2)cc1. The van der Waals surface area contributed by atoms with Gasteiger partial charge >= 0.3 is 6.01 Å². The van der Waals surface area contributed by atoms with Crippen LogP contribution in [0, 0.1) is 11.8 Å². The molecular formula is C18H23N3O3. The van der Waals surface area contributed by atoms with E-state index in [0.29, 0.717) is 18.3 Å². The molecule has 6 heteroatoms. The Morgan fingerprint density at radius 3 is 2.54 bits per heavy atom. The molecule has 0 atom stereocenters. The Bertz CT molecular complexity index is 703. The van der Waals surface area contributed by atoms with Crippen molar-refractivity contribution in [2.75, 3.05) is 13.7 Å². The van der Waals surface area contributed by atoms with Gasteiger partial charge in [-0.2, -0.15) is 9.67 Å². The van der Waals surface area contributed by atoms with Crippen LogP contribution in [0.1, 0.15) is 37.9 Å². The Kier molecular flexibility index (Phi) is 4.83. The highest BCUT2D eigenvalue weighted by Crippen LogP contribution is 2.30. The monoisotopic (exact) mass is 329 g/mol. The molecule has 2 aromatic rings. The predicted molar refractivity (Wildman–Crippen MR) is 90.3 cm³/mol. The van der Waals surface area contributed by atoms with Gasteiger partial charge in [-0.1, -0.05) is 20.3 Å². The molecule has 128 valence electrons. The number of hydrogen-bond acceptors (Lipinski definition) is 5. The second kappa shape index (κ2) is 7.03. The van der Waals surface area contributed by atoms with Crippen molar-refractivity contribution < 1.29 is 14.3 Å². The maximum absolute atomic E-state index is 12.7. The molecule has 1 fully saturated rings. The molecule has 0 bridgehead atoms. The number of nitrogens with zero attached hydrogens (tertiary/aromatic N) is 3. The highest BCUT2D eigenvalue weighted by molar-refractivity contribution is 5.85. The summed E-state index contributed by atoms with van der Waals surface area (Å²) in [6.07, 6.45) is 2.94. The Morgan fingerprint density at radius 2 is 2.00 bits per heavy atom. The lowest BCUT2D eigenvalue weighted by molar-refractivity contribution is 0.0746. The maximum Gasteiger partial charge on any atom is 0.336 e. The topological polar surface area (TPSA) is 66.2 Å². The van der Waals surface area contributed by atoms with Crippen molar-refractivity contribution in [3.63, 3.8) is 0 Å². The second-order valence-electron chi connectivity index (χ2n) is 6.53. The van der Waals surface area contributed by atoms with Gasteiger partial charge in [-0.15, -0.1) is 5.10 Å². The molecule has 1 aromatic heterocycles. The zero-order valence-electron chi connectivity index (χ0n) is 14.4. The lowest BCUT2D eigenvalue weighted by Crippen LogP contribution is -2.28. The average Bonchev–Trinajstić information content (AvgIpc) is 2.95. The van der Waals surface area contributed by atoms with Crippen molar-refractivity contribution in [2.45, 2.75) is 33.1 Å². The van der Waals surface area contributed by atoms with Crippen LogP contribution in [0.5, 0.6) is 11.8 Å². The predicted octanol–water partition coefficient (Wildman–Crippen LogP) is 3.43. The van der Waals surface area contributed by atoms with Gasteiger partial charge in [0.2, 0.25) is 0 Å². The molecule has 1 heterocycles. The van der Waals surface area contributed by atoms with E-state index >= 15 is 0 Å². The summed E-state index contributed by atoms with van der Waals surface area (Å²) in [5.74, 6) is 1.68. The van der Waals surface area contributed by atoms with Crippen molar-refractivity contribution in [1.82, 2.24) is 14.8 Å². The molecule has 0 radical (unpaired) electrons. The van der Waals surface area contributed by atoms with E-state index in [1.807, 2.05) is 24.3 Å². The van der Waals surface area contributed by atoms with Crippen molar-refractivity contribution in [1.29, 1.82) is 0 Å². The summed E-state index contributed by atoms with van der Waals surface area (Å²) in [4.78, 5) is 17.1. The van der Waals surface area contributed by atoms with Crippen LogP contribution in [-0.2, 0) is 0 Å². The first-order valence-electron chi connectivity index (χ1n) is 8.37. The Balaban J connectivity index is 1.92. The Morgan fingerprint density at radius 1 is 1.29 bits per heavy atom. The van der Waals surface area contributed by atoms with Crippen LogP contribution in [0.15, 0.2) is 24.3 Å². The third-order valence-corrected chi connectivity index (χ3v) is 4.14. The molecule has 0 amide bonds. The van der Waals surface area contributed by atoms with Crippen molar-refractivity contribution in [3.05, 3.63) is 24.3 Å². The highest BCUT2D eigenvalue weighted by Gasteiger charge is 2.30. The van der Waals surface area contributed by atoms with E-state index in [4.69, 9.17) is 9.47 Å². The number of carbonyl (C=O) groups excluding carboxylic acids is 1. The van der Waals surface area contributed by atoms with Crippen molar-refractivity contribution in [2.24, 2.45) is 11.8 Å². The van der Waals surface area contributed by atoms with Crippen molar-refractivity contribution in [3.8, 4) is 23.1 Å². The van der Waals surface area contributed by atoms with Gasteiger partial charge in [-0.3, -0.25) is 4.79 Å². The van der Waals surface area contributed by atoms with Crippen LogP contribution in [0.4, 0.5) is 0 Å². The second-order valence-corrected chi connectivity index (χ2v) is 6.53. The quantitative estimate of drug-likeness (QED) is 0.812. The number of carbonyl (C=O) groups is 1. The summed E-state index contributed by atoms with van der Waals surface area (Å²) in [7, 11) is 1.62. The van der Waals surface area contributed by atoms with E-state index < -0.39 is 0 Å². The molecule has 0 N–H and O–H groups in total. The van der Waals surface area contributed by atoms with E-state index in [1.165, 1.54) is 4.68 Å². The van der Waals surface area contributed by atoms with Gasteiger partial charge in [0.25, 0.3) is 5.91 Å². The number of methoxy groups -OCH3 is 1. The zero-order chi connectivity index (χ0) is 17.1. The molecule has 0 unspecified atom stereocenters. The van der Waals surface area contributed by atoms with E-state index in [1.54, 1.807) is 7.11 Å². The smallest absolute Gasteiger partial charge is 0.336 e. The third-order valence-electron chi connectivity index (χ3n) is 4.14. The van der Waals surface area contributed by atoms with E-state index in [0.717, 1.165) is 30.6 Å². The molecule has 6 nitrogen and oxygen atoms in total. The molecule has 24 heavy (non-hydrogen) atoms. The summed E-state index contributed by atoms with van der Waals surface area (Å²) in [6, 6.07) is 7.69. The summed E-state index contributed by atoms with van der Waals surface area (Å²) in [5.41, 5.74) is 0.815. The first-order chi connectivity index (χ1) is 11.6. The highest BCUT2D eigenvalue weighted by atomic mass is 16.5. The first kappa shape index (κ1) is 16.5. The fourth-order valence-electron chi connectivity index (χ4n) is 2.50.